The Morgan fingerprint density at radius 3 is 2.69 bits per heavy atom. The molecule has 130 valence electrons. The van der Waals surface area contributed by atoms with Crippen molar-refractivity contribution in [2.24, 2.45) is 4.99 Å². The Morgan fingerprint density at radius 1 is 1.19 bits per heavy atom. The van der Waals surface area contributed by atoms with Crippen LogP contribution in [0.4, 0.5) is 0 Å². The van der Waals surface area contributed by atoms with Gasteiger partial charge >= 0.3 is 5.97 Å². The average molecular weight is 345 g/mol. The fourth-order valence-corrected chi connectivity index (χ4v) is 3.63. The van der Waals surface area contributed by atoms with Crippen LogP contribution >= 0.6 is 0 Å². The van der Waals surface area contributed by atoms with Gasteiger partial charge in [0.1, 0.15) is 5.76 Å². The van der Waals surface area contributed by atoms with Crippen LogP contribution < -0.4 is 0 Å². The Kier molecular flexibility index (Phi) is 4.17. The molecule has 0 spiro atoms. The van der Waals surface area contributed by atoms with E-state index in [1.165, 1.54) is 0 Å². The second-order valence-corrected chi connectivity index (χ2v) is 6.49. The molecule has 4 rings (SSSR count). The molecule has 1 N–H and O–H groups in total. The lowest BCUT2D eigenvalue weighted by Crippen LogP contribution is -2.13. The molecule has 1 aliphatic carbocycles. The maximum Gasteiger partial charge on any atom is 0.336 e. The summed E-state index contributed by atoms with van der Waals surface area (Å²) in [6.07, 6.45) is 6.83. The number of rotatable bonds is 3. The van der Waals surface area contributed by atoms with Crippen LogP contribution in [-0.2, 0) is 4.79 Å². The van der Waals surface area contributed by atoms with Gasteiger partial charge in [-0.15, -0.1) is 0 Å². The molecule has 26 heavy (non-hydrogen) atoms. The van der Waals surface area contributed by atoms with E-state index in [0.29, 0.717) is 12.2 Å². The molecule has 2 aromatic rings. The summed E-state index contributed by atoms with van der Waals surface area (Å²) in [5.41, 5.74) is 4.79. The highest BCUT2D eigenvalue weighted by molar-refractivity contribution is 6.15. The molecule has 4 nitrogen and oxygen atoms in total. The van der Waals surface area contributed by atoms with E-state index in [-0.39, 0.29) is 11.6 Å². The minimum absolute atomic E-state index is 0.117. The van der Waals surface area contributed by atoms with Crippen molar-refractivity contribution in [1.82, 2.24) is 0 Å². The van der Waals surface area contributed by atoms with Gasteiger partial charge in [0.15, 0.2) is 0 Å². The minimum atomic E-state index is -0.944. The standard InChI is InChI=1S/C22H19NO3/c1-14-20-17(22(24)25)13-16(19-11-6-12-26-19)9-5-10-18(20)23-21(14)15-7-3-2-4-8-15/h2-4,6-9,11-13,21H,5,10H2,1H3,(H,24,25). The van der Waals surface area contributed by atoms with Gasteiger partial charge in [0.25, 0.3) is 0 Å². The molecule has 0 radical (unpaired) electrons. The predicted molar refractivity (Wildman–Crippen MR) is 101 cm³/mol. The van der Waals surface area contributed by atoms with Crippen molar-refractivity contribution in [3.05, 3.63) is 88.9 Å². The Labute approximate surface area is 151 Å². The molecule has 0 amide bonds. The second kappa shape index (κ2) is 6.64. The Hall–Kier alpha value is -3.14. The topological polar surface area (TPSA) is 62.8 Å². The molecular weight excluding hydrogens is 326 g/mol. The first-order valence-electron chi connectivity index (χ1n) is 8.67. The third-order valence-corrected chi connectivity index (χ3v) is 4.84. The van der Waals surface area contributed by atoms with Crippen LogP contribution in [0.3, 0.4) is 0 Å². The van der Waals surface area contributed by atoms with Crippen molar-refractivity contribution < 1.29 is 14.3 Å². The van der Waals surface area contributed by atoms with E-state index in [4.69, 9.17) is 9.41 Å². The van der Waals surface area contributed by atoms with Crippen LogP contribution in [0, 0.1) is 0 Å². The van der Waals surface area contributed by atoms with Crippen molar-refractivity contribution in [2.45, 2.75) is 25.8 Å². The highest BCUT2D eigenvalue weighted by Gasteiger charge is 2.31. The molecule has 0 saturated carbocycles. The van der Waals surface area contributed by atoms with Crippen molar-refractivity contribution in [3.8, 4) is 0 Å². The number of nitrogens with zero attached hydrogens (tertiary/aromatic N) is 1. The smallest absolute Gasteiger partial charge is 0.336 e. The number of aliphatic imine (C=N–C) groups is 1. The lowest BCUT2D eigenvalue weighted by atomic mass is 9.88. The largest absolute Gasteiger partial charge is 0.478 e. The summed E-state index contributed by atoms with van der Waals surface area (Å²) < 4.78 is 5.47. The minimum Gasteiger partial charge on any atom is -0.478 e. The van der Waals surface area contributed by atoms with E-state index in [1.807, 2.05) is 55.5 Å². The highest BCUT2D eigenvalue weighted by atomic mass is 16.4. The number of carboxylic acid groups (broad SMARTS) is 1. The molecule has 4 heteroatoms. The molecule has 1 atom stereocenters. The monoisotopic (exact) mass is 345 g/mol. The van der Waals surface area contributed by atoms with Crippen molar-refractivity contribution in [3.63, 3.8) is 0 Å². The van der Waals surface area contributed by atoms with E-state index >= 15 is 0 Å². The van der Waals surface area contributed by atoms with Gasteiger partial charge in [0.05, 0.1) is 17.9 Å². The van der Waals surface area contributed by atoms with E-state index in [0.717, 1.165) is 34.4 Å². The second-order valence-electron chi connectivity index (χ2n) is 6.49. The number of benzene rings is 1. The average Bonchev–Trinajstić information content (AvgIpc) is 3.25. The van der Waals surface area contributed by atoms with Gasteiger partial charge in [-0.3, -0.25) is 4.99 Å². The van der Waals surface area contributed by atoms with E-state index in [9.17, 15) is 9.90 Å². The summed E-state index contributed by atoms with van der Waals surface area (Å²) in [6.45, 7) is 1.98. The molecule has 1 unspecified atom stereocenters. The van der Waals surface area contributed by atoms with E-state index in [2.05, 4.69) is 0 Å². The molecule has 2 heterocycles. The molecule has 0 saturated heterocycles. The van der Waals surface area contributed by atoms with Gasteiger partial charge in [-0.25, -0.2) is 4.79 Å². The molecule has 1 aromatic heterocycles. The lowest BCUT2D eigenvalue weighted by molar-refractivity contribution is -0.132. The van der Waals surface area contributed by atoms with E-state index < -0.39 is 5.97 Å². The predicted octanol–water partition coefficient (Wildman–Crippen LogP) is 4.98. The van der Waals surface area contributed by atoms with Crippen LogP contribution in [0.1, 0.15) is 37.1 Å². The maximum absolute atomic E-state index is 12.1. The Balaban J connectivity index is 1.84. The zero-order valence-corrected chi connectivity index (χ0v) is 14.5. The van der Waals surface area contributed by atoms with Crippen molar-refractivity contribution >= 4 is 17.3 Å². The van der Waals surface area contributed by atoms with Crippen LogP contribution in [0.2, 0.25) is 0 Å². The number of hydrogen-bond acceptors (Lipinski definition) is 3. The quantitative estimate of drug-likeness (QED) is 0.853. The first-order chi connectivity index (χ1) is 12.6. The molecule has 1 aliphatic heterocycles. The Morgan fingerprint density at radius 2 is 2.00 bits per heavy atom. The van der Waals surface area contributed by atoms with Gasteiger partial charge < -0.3 is 9.52 Å². The molecule has 2 aliphatic rings. The summed E-state index contributed by atoms with van der Waals surface area (Å²) in [7, 11) is 0. The van der Waals surface area contributed by atoms with Crippen LogP contribution in [0.25, 0.3) is 5.57 Å². The number of aliphatic carboxylic acids is 1. The number of carbonyl (C=O) groups is 1. The number of furan rings is 1. The van der Waals surface area contributed by atoms with Gasteiger partial charge in [-0.1, -0.05) is 36.4 Å². The third kappa shape index (κ3) is 2.84. The number of allylic oxidation sites excluding steroid dienone is 3. The first-order valence-corrected chi connectivity index (χ1v) is 8.67. The Bertz CT molecular complexity index is 960. The number of fused-ring (bicyclic) bond motifs is 1. The summed E-state index contributed by atoms with van der Waals surface area (Å²) in [5, 5.41) is 9.88. The first kappa shape index (κ1) is 16.3. The number of hydrogen-bond donors (Lipinski definition) is 1. The summed E-state index contributed by atoms with van der Waals surface area (Å²) >= 11 is 0. The summed E-state index contributed by atoms with van der Waals surface area (Å²) in [5.74, 6) is -0.264. The SMILES string of the molecule is CC1=C2C(C(=O)O)=CC(c3ccco3)=CCCC2=NC1c1ccccc1. The van der Waals surface area contributed by atoms with Crippen LogP contribution in [0.5, 0.6) is 0 Å². The molecule has 1 aromatic carbocycles. The lowest BCUT2D eigenvalue weighted by Gasteiger charge is -2.14. The normalized spacial score (nSPS) is 19.9. The zero-order valence-electron chi connectivity index (χ0n) is 14.5. The molecule has 0 fully saturated rings. The van der Waals surface area contributed by atoms with Gasteiger partial charge in [-0.2, -0.15) is 0 Å². The molecular formula is C22H19NO3. The maximum atomic E-state index is 12.1. The highest BCUT2D eigenvalue weighted by Crippen LogP contribution is 2.40. The fourth-order valence-electron chi connectivity index (χ4n) is 3.63. The summed E-state index contributed by atoms with van der Waals surface area (Å²) in [4.78, 5) is 16.9. The van der Waals surface area contributed by atoms with Gasteiger partial charge in [0.2, 0.25) is 0 Å². The van der Waals surface area contributed by atoms with Crippen molar-refractivity contribution in [1.29, 1.82) is 0 Å². The fraction of sp³-hybridized carbons (Fsp3) is 0.182. The van der Waals surface area contributed by atoms with Crippen molar-refractivity contribution in [2.75, 3.05) is 0 Å². The van der Waals surface area contributed by atoms with Gasteiger partial charge in [-0.05, 0) is 49.1 Å². The molecule has 0 bridgehead atoms. The van der Waals surface area contributed by atoms with E-state index in [1.54, 1.807) is 12.3 Å². The zero-order chi connectivity index (χ0) is 18.1. The summed E-state index contributed by atoms with van der Waals surface area (Å²) in [6, 6.07) is 13.6. The number of carboxylic acids is 1. The third-order valence-electron chi connectivity index (χ3n) is 4.84. The van der Waals surface area contributed by atoms with Gasteiger partial charge in [0, 0.05) is 16.9 Å². The van der Waals surface area contributed by atoms with Crippen LogP contribution in [0.15, 0.2) is 87.0 Å². The van der Waals surface area contributed by atoms with Crippen LogP contribution in [-0.4, -0.2) is 16.8 Å².